The smallest absolute Gasteiger partial charge is 0.135 e. The quantitative estimate of drug-likeness (QED) is 0.152. The summed E-state index contributed by atoms with van der Waals surface area (Å²) in [6.45, 7) is 0. The molecule has 0 unspecified atom stereocenters. The van der Waals surface area contributed by atoms with Crippen LogP contribution in [0.5, 0.6) is 0 Å². The number of benzene rings is 11. The highest BCUT2D eigenvalue weighted by atomic mass is 16.3. The number of nitrogens with zero attached hydrogens (tertiary/aromatic N) is 2. The van der Waals surface area contributed by atoms with Crippen molar-refractivity contribution in [1.29, 1.82) is 0 Å². The van der Waals surface area contributed by atoms with Crippen molar-refractivity contribution in [2.75, 3.05) is 4.90 Å². The van der Waals surface area contributed by atoms with Crippen LogP contribution in [0.1, 0.15) is 22.3 Å². The van der Waals surface area contributed by atoms with E-state index >= 15 is 0 Å². The van der Waals surface area contributed by atoms with Gasteiger partial charge in [0.1, 0.15) is 11.2 Å². The Balaban J connectivity index is 0.879. The van der Waals surface area contributed by atoms with E-state index in [1.54, 1.807) is 0 Å². The number of hydrogen-bond acceptors (Lipinski definition) is 2. The monoisotopic (exact) mass is 892 g/mol. The Morgan fingerprint density at radius 1 is 0.314 bits per heavy atom. The average molecular weight is 893 g/mol. The molecule has 0 spiro atoms. The molecule has 3 heteroatoms. The third kappa shape index (κ3) is 6.15. The standard InChI is InChI=1S/C67H44N2O/c1-2-16-49(17-3-1)67(61-24-9-4-19-55(61)56-20-5-10-25-62(56)67)50-34-40-53(41-35-50)68(52-38-31-46(32-39-52)48-33-42-66-60(44-48)59-23-8-13-28-65(59)70-66)51-36-29-45(30-37-51)47-15-14-18-54(43-47)69-63-26-11-6-21-57(63)58-22-7-12-27-64(58)69/h1-44H. The lowest BCUT2D eigenvalue weighted by molar-refractivity contribution is 0.669. The molecule has 0 amide bonds. The largest absolute Gasteiger partial charge is 0.456 e. The first-order valence-corrected chi connectivity index (χ1v) is 24.1. The predicted octanol–water partition coefficient (Wildman–Crippen LogP) is 17.8. The Hall–Kier alpha value is -9.18. The third-order valence-corrected chi connectivity index (χ3v) is 14.7. The van der Waals surface area contributed by atoms with Gasteiger partial charge in [0, 0.05) is 44.3 Å². The average Bonchev–Trinajstić information content (AvgIpc) is 4.08. The van der Waals surface area contributed by atoms with Crippen LogP contribution in [0.2, 0.25) is 0 Å². The summed E-state index contributed by atoms with van der Waals surface area (Å²) in [5, 5.41) is 4.77. The number of aromatic nitrogens is 1. The highest BCUT2D eigenvalue weighted by molar-refractivity contribution is 6.09. The Kier molecular flexibility index (Phi) is 9.11. The van der Waals surface area contributed by atoms with E-state index in [4.69, 9.17) is 4.42 Å². The molecule has 0 N–H and O–H groups in total. The summed E-state index contributed by atoms with van der Waals surface area (Å²) in [5.74, 6) is 0. The van der Waals surface area contributed by atoms with Gasteiger partial charge in [0.15, 0.2) is 0 Å². The fourth-order valence-electron chi connectivity index (χ4n) is 11.6. The van der Waals surface area contributed by atoms with Gasteiger partial charge in [-0.1, -0.05) is 188 Å². The number of furan rings is 1. The SMILES string of the molecule is c1ccc(C2(c3ccc(N(c4ccc(-c5cccc(-n6c7ccccc7c7ccccc76)c5)cc4)c4ccc(-c5ccc6oc7ccccc7c6c5)cc4)cc3)c3ccccc3-c3ccccc32)cc1. The van der Waals surface area contributed by atoms with Gasteiger partial charge in [-0.05, 0) is 134 Å². The molecule has 0 saturated carbocycles. The molecule has 0 saturated heterocycles. The number of anilines is 3. The fourth-order valence-corrected chi connectivity index (χ4v) is 11.6. The lowest BCUT2D eigenvalue weighted by atomic mass is 9.68. The van der Waals surface area contributed by atoms with Crippen molar-refractivity contribution >= 4 is 60.8 Å². The summed E-state index contributed by atoms with van der Waals surface area (Å²) >= 11 is 0. The lowest BCUT2D eigenvalue weighted by Crippen LogP contribution is -2.28. The summed E-state index contributed by atoms with van der Waals surface area (Å²) in [4.78, 5) is 2.38. The molecule has 11 aromatic carbocycles. The van der Waals surface area contributed by atoms with E-state index in [-0.39, 0.29) is 0 Å². The molecule has 1 aliphatic carbocycles. The second-order valence-electron chi connectivity index (χ2n) is 18.4. The van der Waals surface area contributed by atoms with Gasteiger partial charge in [0.05, 0.1) is 16.4 Å². The Labute approximate surface area is 406 Å². The van der Waals surface area contributed by atoms with Crippen LogP contribution >= 0.6 is 0 Å². The summed E-state index contributed by atoms with van der Waals surface area (Å²) in [7, 11) is 0. The maximum Gasteiger partial charge on any atom is 0.135 e. The van der Waals surface area contributed by atoms with Crippen LogP contribution < -0.4 is 4.90 Å². The molecule has 0 radical (unpaired) electrons. The molecule has 0 aliphatic heterocycles. The molecular formula is C67H44N2O. The van der Waals surface area contributed by atoms with E-state index in [9.17, 15) is 0 Å². The molecule has 0 fully saturated rings. The number of hydrogen-bond donors (Lipinski definition) is 0. The minimum absolute atomic E-state index is 0.476. The van der Waals surface area contributed by atoms with Crippen LogP contribution in [0.15, 0.2) is 271 Å². The van der Waals surface area contributed by atoms with Crippen molar-refractivity contribution in [1.82, 2.24) is 4.57 Å². The van der Waals surface area contributed by atoms with Gasteiger partial charge in [0.2, 0.25) is 0 Å². The van der Waals surface area contributed by atoms with Gasteiger partial charge in [-0.25, -0.2) is 0 Å². The molecule has 2 heterocycles. The van der Waals surface area contributed by atoms with Crippen molar-refractivity contribution in [2.24, 2.45) is 0 Å². The zero-order chi connectivity index (χ0) is 46.2. The van der Waals surface area contributed by atoms with E-state index in [0.29, 0.717) is 0 Å². The summed E-state index contributed by atoms with van der Waals surface area (Å²) in [5.41, 5.74) is 20.4. The van der Waals surface area contributed by atoms with Gasteiger partial charge in [0.25, 0.3) is 0 Å². The van der Waals surface area contributed by atoms with Crippen LogP contribution in [-0.2, 0) is 5.41 Å². The maximum absolute atomic E-state index is 6.18. The lowest BCUT2D eigenvalue weighted by Gasteiger charge is -2.34. The van der Waals surface area contributed by atoms with E-state index in [2.05, 4.69) is 264 Å². The first-order chi connectivity index (χ1) is 34.7. The van der Waals surface area contributed by atoms with Crippen LogP contribution in [-0.4, -0.2) is 4.57 Å². The molecular weight excluding hydrogens is 849 g/mol. The zero-order valence-corrected chi connectivity index (χ0v) is 38.2. The summed E-state index contributed by atoms with van der Waals surface area (Å²) in [6.07, 6.45) is 0. The zero-order valence-electron chi connectivity index (χ0n) is 38.2. The molecule has 0 bridgehead atoms. The first-order valence-electron chi connectivity index (χ1n) is 24.1. The molecule has 2 aromatic heterocycles. The topological polar surface area (TPSA) is 21.3 Å². The van der Waals surface area contributed by atoms with Crippen LogP contribution in [0, 0.1) is 0 Å². The predicted molar refractivity (Wildman–Crippen MR) is 291 cm³/mol. The number of rotatable bonds is 8. The molecule has 0 atom stereocenters. The van der Waals surface area contributed by atoms with Crippen molar-refractivity contribution in [3.8, 4) is 39.1 Å². The van der Waals surface area contributed by atoms with Crippen molar-refractivity contribution in [3.63, 3.8) is 0 Å². The van der Waals surface area contributed by atoms with Crippen LogP contribution in [0.3, 0.4) is 0 Å². The molecule has 13 aromatic rings. The summed E-state index contributed by atoms with van der Waals surface area (Å²) < 4.78 is 8.57. The first kappa shape index (κ1) is 39.9. The van der Waals surface area contributed by atoms with Gasteiger partial charge in [-0.15, -0.1) is 0 Å². The second kappa shape index (κ2) is 16.0. The van der Waals surface area contributed by atoms with Crippen LogP contribution in [0.25, 0.3) is 82.8 Å². The third-order valence-electron chi connectivity index (χ3n) is 14.7. The van der Waals surface area contributed by atoms with Gasteiger partial charge in [-0.2, -0.15) is 0 Å². The summed E-state index contributed by atoms with van der Waals surface area (Å²) in [6, 6.07) is 97.3. The second-order valence-corrected chi connectivity index (χ2v) is 18.4. The molecule has 14 rings (SSSR count). The van der Waals surface area contributed by atoms with E-state index in [1.165, 1.54) is 55.2 Å². The Morgan fingerprint density at radius 3 is 1.41 bits per heavy atom. The van der Waals surface area contributed by atoms with Gasteiger partial charge in [-0.3, -0.25) is 0 Å². The molecule has 3 nitrogen and oxygen atoms in total. The maximum atomic E-state index is 6.18. The minimum atomic E-state index is -0.476. The van der Waals surface area contributed by atoms with Crippen molar-refractivity contribution in [3.05, 3.63) is 289 Å². The van der Waals surface area contributed by atoms with E-state index < -0.39 is 5.41 Å². The number of fused-ring (bicyclic) bond motifs is 9. The van der Waals surface area contributed by atoms with E-state index in [0.717, 1.165) is 66.9 Å². The molecule has 70 heavy (non-hydrogen) atoms. The molecule has 1 aliphatic rings. The number of para-hydroxylation sites is 3. The fraction of sp³-hybridized carbons (Fsp3) is 0.0149. The minimum Gasteiger partial charge on any atom is -0.456 e. The van der Waals surface area contributed by atoms with Crippen molar-refractivity contribution < 1.29 is 4.42 Å². The van der Waals surface area contributed by atoms with E-state index in [1.807, 2.05) is 12.1 Å². The van der Waals surface area contributed by atoms with Crippen molar-refractivity contribution in [2.45, 2.75) is 5.41 Å². The Morgan fingerprint density at radius 2 is 0.786 bits per heavy atom. The highest BCUT2D eigenvalue weighted by Crippen LogP contribution is 2.56. The highest BCUT2D eigenvalue weighted by Gasteiger charge is 2.45. The Bertz CT molecular complexity index is 4010. The van der Waals surface area contributed by atoms with Crippen LogP contribution in [0.4, 0.5) is 17.1 Å². The molecule has 328 valence electrons. The van der Waals surface area contributed by atoms with Gasteiger partial charge >= 0.3 is 0 Å². The normalized spacial score (nSPS) is 12.7. The van der Waals surface area contributed by atoms with Gasteiger partial charge < -0.3 is 13.9 Å².